The molecule has 0 radical (unpaired) electrons. The van der Waals surface area contributed by atoms with Crippen molar-refractivity contribution in [2.24, 2.45) is 10.9 Å². The molecule has 0 N–H and O–H groups in total. The van der Waals surface area contributed by atoms with Gasteiger partial charge < -0.3 is 9.47 Å². The van der Waals surface area contributed by atoms with Gasteiger partial charge in [0.25, 0.3) is 0 Å². The van der Waals surface area contributed by atoms with Gasteiger partial charge in [-0.3, -0.25) is 19.3 Å². The third-order valence-corrected chi connectivity index (χ3v) is 9.46. The monoisotopic (exact) mass is 610 g/mol. The van der Waals surface area contributed by atoms with E-state index in [1.807, 2.05) is 31.3 Å². The molecule has 2 aliphatic rings. The SMILES string of the molecule is COC(=O)C(OC(=O)CC[C@@H]1N=C(c2ccccn2)c2cc(Br)c(C)c(C)c2-n2c(C)cnc21)C1CCSC1. The van der Waals surface area contributed by atoms with Crippen molar-refractivity contribution >= 4 is 45.3 Å². The van der Waals surface area contributed by atoms with Crippen LogP contribution in [0.2, 0.25) is 0 Å². The number of rotatable bonds is 7. The Kier molecular flexibility index (Phi) is 8.23. The zero-order chi connectivity index (χ0) is 27.7. The van der Waals surface area contributed by atoms with Gasteiger partial charge in [0.1, 0.15) is 11.9 Å². The first-order valence-electron chi connectivity index (χ1n) is 13.0. The summed E-state index contributed by atoms with van der Waals surface area (Å²) in [6.45, 7) is 6.21. The van der Waals surface area contributed by atoms with Gasteiger partial charge >= 0.3 is 11.9 Å². The molecule has 1 saturated heterocycles. The summed E-state index contributed by atoms with van der Waals surface area (Å²) in [5.41, 5.74) is 6.67. The molecule has 1 aromatic carbocycles. The Labute approximate surface area is 240 Å². The minimum absolute atomic E-state index is 0.0289. The fraction of sp³-hybridized carbons (Fsp3) is 0.414. The predicted molar refractivity (Wildman–Crippen MR) is 155 cm³/mol. The van der Waals surface area contributed by atoms with E-state index in [-0.39, 0.29) is 12.3 Å². The maximum atomic E-state index is 13.1. The highest BCUT2D eigenvalue weighted by Crippen LogP contribution is 2.38. The number of esters is 2. The van der Waals surface area contributed by atoms with Gasteiger partial charge in [-0.2, -0.15) is 11.8 Å². The Balaban J connectivity index is 1.51. The Morgan fingerprint density at radius 1 is 1.21 bits per heavy atom. The van der Waals surface area contributed by atoms with Gasteiger partial charge in [0.2, 0.25) is 6.10 Å². The van der Waals surface area contributed by atoms with E-state index in [9.17, 15) is 9.59 Å². The Hall–Kier alpha value is -2.98. The highest BCUT2D eigenvalue weighted by atomic mass is 79.9. The van der Waals surface area contributed by atoms with Crippen molar-refractivity contribution in [2.75, 3.05) is 18.6 Å². The third-order valence-electron chi connectivity index (χ3n) is 7.44. The average Bonchev–Trinajstić information content (AvgIpc) is 3.58. The van der Waals surface area contributed by atoms with Gasteiger partial charge in [-0.05, 0) is 68.7 Å². The summed E-state index contributed by atoms with van der Waals surface area (Å²) in [6.07, 6.45) is 3.99. The van der Waals surface area contributed by atoms with E-state index < -0.39 is 24.1 Å². The largest absolute Gasteiger partial charge is 0.466 e. The molecule has 0 aliphatic carbocycles. The molecule has 0 amide bonds. The number of methoxy groups -OCH3 is 1. The third kappa shape index (κ3) is 5.41. The summed E-state index contributed by atoms with van der Waals surface area (Å²) in [7, 11) is 1.33. The van der Waals surface area contributed by atoms with Crippen LogP contribution in [0.4, 0.5) is 0 Å². The van der Waals surface area contributed by atoms with Crippen molar-refractivity contribution in [3.63, 3.8) is 0 Å². The maximum Gasteiger partial charge on any atom is 0.347 e. The van der Waals surface area contributed by atoms with Crippen molar-refractivity contribution in [1.82, 2.24) is 14.5 Å². The molecule has 0 spiro atoms. The number of aryl methyl sites for hydroxylation is 1. The van der Waals surface area contributed by atoms with Crippen LogP contribution in [-0.4, -0.2) is 56.9 Å². The van der Waals surface area contributed by atoms with Crippen LogP contribution < -0.4 is 0 Å². The van der Waals surface area contributed by atoms with E-state index in [2.05, 4.69) is 45.4 Å². The second kappa shape index (κ2) is 11.6. The number of aromatic nitrogens is 3. The number of benzene rings is 1. The number of carbonyl (C=O) groups excluding carboxylic acids is 2. The highest BCUT2D eigenvalue weighted by molar-refractivity contribution is 9.10. The zero-order valence-electron chi connectivity index (χ0n) is 22.4. The molecule has 3 aromatic rings. The minimum Gasteiger partial charge on any atom is -0.466 e. The van der Waals surface area contributed by atoms with E-state index in [4.69, 9.17) is 19.5 Å². The fourth-order valence-corrected chi connectivity index (χ4v) is 7.00. The van der Waals surface area contributed by atoms with Crippen molar-refractivity contribution in [2.45, 2.75) is 52.2 Å². The molecule has 8 nitrogen and oxygen atoms in total. The molecule has 0 saturated carbocycles. The summed E-state index contributed by atoms with van der Waals surface area (Å²) in [4.78, 5) is 40.0. The number of halogens is 1. The molecule has 204 valence electrons. The number of fused-ring (bicyclic) bond motifs is 3. The lowest BCUT2D eigenvalue weighted by Crippen LogP contribution is -2.35. The van der Waals surface area contributed by atoms with E-state index in [0.717, 1.165) is 67.7 Å². The van der Waals surface area contributed by atoms with Crippen LogP contribution in [0.5, 0.6) is 0 Å². The first kappa shape index (κ1) is 27.6. The number of pyridine rings is 1. The van der Waals surface area contributed by atoms with E-state index in [1.165, 1.54) is 7.11 Å². The number of thioether (sulfide) groups is 1. The molecule has 5 rings (SSSR count). The van der Waals surface area contributed by atoms with Gasteiger partial charge in [0.05, 0.1) is 24.2 Å². The van der Waals surface area contributed by atoms with Crippen LogP contribution in [0.3, 0.4) is 0 Å². The number of nitrogens with zero attached hydrogens (tertiary/aromatic N) is 4. The number of ether oxygens (including phenoxy) is 2. The van der Waals surface area contributed by atoms with Crippen molar-refractivity contribution in [1.29, 1.82) is 0 Å². The number of hydrogen-bond donors (Lipinski definition) is 0. The van der Waals surface area contributed by atoms with Gasteiger partial charge in [0.15, 0.2) is 0 Å². The fourth-order valence-electron chi connectivity index (χ4n) is 5.20. The second-order valence-electron chi connectivity index (χ2n) is 9.90. The number of hydrogen-bond acceptors (Lipinski definition) is 8. The van der Waals surface area contributed by atoms with Crippen molar-refractivity contribution < 1.29 is 19.1 Å². The molecule has 2 aromatic heterocycles. The molecule has 39 heavy (non-hydrogen) atoms. The van der Waals surface area contributed by atoms with E-state index >= 15 is 0 Å². The molecule has 2 aliphatic heterocycles. The lowest BCUT2D eigenvalue weighted by molar-refractivity contribution is -0.169. The lowest BCUT2D eigenvalue weighted by atomic mass is 9.97. The summed E-state index contributed by atoms with van der Waals surface area (Å²) in [5, 5.41) is 0. The minimum atomic E-state index is -0.879. The molecule has 10 heteroatoms. The van der Waals surface area contributed by atoms with Crippen LogP contribution >= 0.6 is 27.7 Å². The molecular weight excluding hydrogens is 580 g/mol. The van der Waals surface area contributed by atoms with Crippen molar-refractivity contribution in [3.8, 4) is 5.69 Å². The quantitative estimate of drug-likeness (QED) is 0.327. The topological polar surface area (TPSA) is 95.7 Å². The average molecular weight is 612 g/mol. The summed E-state index contributed by atoms with van der Waals surface area (Å²) in [5.74, 6) is 1.51. The molecule has 4 heterocycles. The maximum absolute atomic E-state index is 13.1. The molecular formula is C29H31BrN4O4S. The second-order valence-corrected chi connectivity index (χ2v) is 11.9. The number of carbonyl (C=O) groups is 2. The van der Waals surface area contributed by atoms with Gasteiger partial charge in [0, 0.05) is 46.2 Å². The molecule has 2 unspecified atom stereocenters. The van der Waals surface area contributed by atoms with E-state index in [0.29, 0.717) is 6.42 Å². The summed E-state index contributed by atoms with van der Waals surface area (Å²) >= 11 is 5.49. The van der Waals surface area contributed by atoms with Gasteiger partial charge in [-0.25, -0.2) is 9.78 Å². The van der Waals surface area contributed by atoms with E-state index in [1.54, 1.807) is 18.0 Å². The Morgan fingerprint density at radius 3 is 2.72 bits per heavy atom. The lowest BCUT2D eigenvalue weighted by Gasteiger charge is -2.21. The molecule has 3 atom stereocenters. The zero-order valence-corrected chi connectivity index (χ0v) is 24.8. The van der Waals surface area contributed by atoms with Crippen molar-refractivity contribution in [3.05, 3.63) is 75.0 Å². The smallest absolute Gasteiger partial charge is 0.347 e. The molecule has 0 bridgehead atoms. The summed E-state index contributed by atoms with van der Waals surface area (Å²) in [6, 6.07) is 7.43. The van der Waals surface area contributed by atoms with Gasteiger partial charge in [-0.15, -0.1) is 0 Å². The number of imidazole rings is 1. The first-order chi connectivity index (χ1) is 18.8. The van der Waals surface area contributed by atoms with Crippen LogP contribution in [0.25, 0.3) is 5.69 Å². The van der Waals surface area contributed by atoms with Crippen LogP contribution in [-0.2, 0) is 19.1 Å². The van der Waals surface area contributed by atoms with Crippen LogP contribution in [0.15, 0.2) is 46.1 Å². The molecule has 1 fully saturated rings. The van der Waals surface area contributed by atoms with Gasteiger partial charge in [-0.1, -0.05) is 22.0 Å². The standard InChI is InChI=1S/C29H31BrN4O4S/c1-16-14-32-28-23(8-9-24(35)38-27(29(36)37-4)19-10-12-39-15-19)33-25(22-7-5-6-11-31-22)20-13-21(30)17(2)18(3)26(20)34(16)28/h5-7,11,13-14,19,23,27H,8-10,12,15H2,1-4H3/t19?,23-,27?/m0/s1. The first-order valence-corrected chi connectivity index (χ1v) is 14.9. The highest BCUT2D eigenvalue weighted by Gasteiger charge is 2.36. The Bertz CT molecular complexity index is 1430. The predicted octanol–water partition coefficient (Wildman–Crippen LogP) is 5.47. The van der Waals surface area contributed by atoms with Crippen LogP contribution in [0, 0.1) is 26.7 Å². The van der Waals surface area contributed by atoms with Crippen LogP contribution in [0.1, 0.15) is 59.2 Å². The number of aliphatic imine (C=N–C) groups is 1. The summed E-state index contributed by atoms with van der Waals surface area (Å²) < 4.78 is 13.8. The normalized spacial score (nSPS) is 18.9. The Morgan fingerprint density at radius 2 is 2.03 bits per heavy atom.